The van der Waals surface area contributed by atoms with E-state index in [1.807, 2.05) is 0 Å². The minimum atomic E-state index is -0.436. The van der Waals surface area contributed by atoms with E-state index in [4.69, 9.17) is 16.3 Å². The number of carbonyl (C=O) groups is 2. The molecule has 1 atom stereocenters. The Morgan fingerprint density at radius 2 is 2.04 bits per heavy atom. The van der Waals surface area contributed by atoms with Crippen molar-refractivity contribution in [3.05, 3.63) is 58.9 Å². The first kappa shape index (κ1) is 19.2. The number of anilines is 1. The van der Waals surface area contributed by atoms with Gasteiger partial charge in [0.1, 0.15) is 11.6 Å². The molecule has 1 N–H and O–H groups in total. The third-order valence-electron chi connectivity index (χ3n) is 4.55. The molecule has 1 heterocycles. The van der Waals surface area contributed by atoms with E-state index in [0.717, 1.165) is 5.56 Å². The molecule has 1 saturated heterocycles. The standard InChI is InChI=1S/C20H20ClFN2O3/c1-27-18-7-4-15(21)11-17(18)24-12-14(10-19(24)25)20(26)23-9-8-13-2-5-16(22)6-3-13/h2-7,11,14H,8-10,12H2,1H3,(H,23,26)/t14-/m1/s1. The molecular weight excluding hydrogens is 371 g/mol. The Morgan fingerprint density at radius 3 is 2.74 bits per heavy atom. The first-order chi connectivity index (χ1) is 13.0. The molecule has 7 heteroatoms. The van der Waals surface area contributed by atoms with Gasteiger partial charge >= 0.3 is 0 Å². The van der Waals surface area contributed by atoms with Crippen LogP contribution in [0.25, 0.3) is 0 Å². The van der Waals surface area contributed by atoms with Gasteiger partial charge in [-0.2, -0.15) is 0 Å². The van der Waals surface area contributed by atoms with Crippen LogP contribution in [0.2, 0.25) is 5.02 Å². The fourth-order valence-corrected chi connectivity index (χ4v) is 3.28. The van der Waals surface area contributed by atoms with Crippen molar-refractivity contribution in [3.8, 4) is 5.75 Å². The molecule has 0 bridgehead atoms. The SMILES string of the molecule is COc1ccc(Cl)cc1N1C[C@H](C(=O)NCCc2ccc(F)cc2)CC1=O. The smallest absolute Gasteiger partial charge is 0.227 e. The summed E-state index contributed by atoms with van der Waals surface area (Å²) in [5, 5.41) is 3.34. The maximum atomic E-state index is 12.9. The summed E-state index contributed by atoms with van der Waals surface area (Å²) in [7, 11) is 1.52. The van der Waals surface area contributed by atoms with Crippen molar-refractivity contribution in [2.75, 3.05) is 25.1 Å². The van der Waals surface area contributed by atoms with Gasteiger partial charge in [-0.25, -0.2) is 4.39 Å². The number of halogens is 2. The largest absolute Gasteiger partial charge is 0.495 e. The molecular formula is C20H20ClFN2O3. The van der Waals surface area contributed by atoms with Gasteiger partial charge in [0.25, 0.3) is 0 Å². The summed E-state index contributed by atoms with van der Waals surface area (Å²) >= 11 is 6.04. The minimum Gasteiger partial charge on any atom is -0.495 e. The summed E-state index contributed by atoms with van der Waals surface area (Å²) in [6.07, 6.45) is 0.733. The van der Waals surface area contributed by atoms with Crippen LogP contribution in [0.4, 0.5) is 10.1 Å². The van der Waals surface area contributed by atoms with E-state index in [0.29, 0.717) is 29.4 Å². The lowest BCUT2D eigenvalue weighted by atomic mass is 10.1. The van der Waals surface area contributed by atoms with Gasteiger partial charge in [-0.05, 0) is 42.3 Å². The highest BCUT2D eigenvalue weighted by molar-refractivity contribution is 6.31. The average Bonchev–Trinajstić information content (AvgIpc) is 3.05. The molecule has 0 saturated carbocycles. The van der Waals surface area contributed by atoms with Gasteiger partial charge in [-0.1, -0.05) is 23.7 Å². The van der Waals surface area contributed by atoms with Crippen molar-refractivity contribution in [1.29, 1.82) is 0 Å². The Balaban J connectivity index is 1.59. The number of hydrogen-bond donors (Lipinski definition) is 1. The molecule has 1 aliphatic heterocycles. The van der Waals surface area contributed by atoms with E-state index < -0.39 is 5.92 Å². The van der Waals surface area contributed by atoms with Gasteiger partial charge in [0.15, 0.2) is 0 Å². The van der Waals surface area contributed by atoms with Crippen molar-refractivity contribution < 1.29 is 18.7 Å². The predicted octanol–water partition coefficient (Wildman–Crippen LogP) is 3.20. The molecule has 0 radical (unpaired) electrons. The van der Waals surface area contributed by atoms with E-state index in [1.54, 1.807) is 30.3 Å². The number of ether oxygens (including phenoxy) is 1. The molecule has 0 unspecified atom stereocenters. The second-order valence-electron chi connectivity index (χ2n) is 6.39. The van der Waals surface area contributed by atoms with Crippen LogP contribution in [0.5, 0.6) is 5.75 Å². The first-order valence-corrected chi connectivity index (χ1v) is 9.02. The number of nitrogens with zero attached hydrogens (tertiary/aromatic N) is 1. The number of methoxy groups -OCH3 is 1. The second kappa shape index (κ2) is 8.39. The molecule has 0 spiro atoms. The van der Waals surface area contributed by atoms with Gasteiger partial charge in [0.05, 0.1) is 18.7 Å². The summed E-state index contributed by atoms with van der Waals surface area (Å²) in [5.41, 5.74) is 1.50. The molecule has 3 rings (SSSR count). The van der Waals surface area contributed by atoms with Crippen molar-refractivity contribution in [3.63, 3.8) is 0 Å². The summed E-state index contributed by atoms with van der Waals surface area (Å²) in [5.74, 6) is -0.508. The van der Waals surface area contributed by atoms with E-state index in [1.165, 1.54) is 24.1 Å². The topological polar surface area (TPSA) is 58.6 Å². The second-order valence-corrected chi connectivity index (χ2v) is 6.83. The number of amides is 2. The summed E-state index contributed by atoms with van der Waals surface area (Å²) in [6, 6.07) is 11.2. The Kier molecular flexibility index (Phi) is 5.96. The molecule has 1 fully saturated rings. The fourth-order valence-electron chi connectivity index (χ4n) is 3.12. The van der Waals surface area contributed by atoms with Crippen LogP contribution in [0.1, 0.15) is 12.0 Å². The van der Waals surface area contributed by atoms with E-state index >= 15 is 0 Å². The highest BCUT2D eigenvalue weighted by Crippen LogP contribution is 2.35. The Hall–Kier alpha value is -2.60. The first-order valence-electron chi connectivity index (χ1n) is 8.64. The zero-order valence-corrected chi connectivity index (χ0v) is 15.6. The number of rotatable bonds is 6. The van der Waals surface area contributed by atoms with Crippen LogP contribution < -0.4 is 15.0 Å². The van der Waals surface area contributed by atoms with Crippen molar-refractivity contribution in [1.82, 2.24) is 5.32 Å². The van der Waals surface area contributed by atoms with Gasteiger partial charge in [-0.3, -0.25) is 9.59 Å². The Morgan fingerprint density at radius 1 is 1.30 bits per heavy atom. The third kappa shape index (κ3) is 4.57. The fraction of sp³-hybridized carbons (Fsp3) is 0.300. The summed E-state index contributed by atoms with van der Waals surface area (Å²) in [6.45, 7) is 0.702. The summed E-state index contributed by atoms with van der Waals surface area (Å²) in [4.78, 5) is 26.4. The third-order valence-corrected chi connectivity index (χ3v) is 4.79. The number of benzene rings is 2. The molecule has 27 heavy (non-hydrogen) atoms. The molecule has 2 aromatic carbocycles. The van der Waals surface area contributed by atoms with Crippen LogP contribution in [0.3, 0.4) is 0 Å². The molecule has 142 valence electrons. The predicted molar refractivity (Wildman–Crippen MR) is 102 cm³/mol. The van der Waals surface area contributed by atoms with Gasteiger partial charge in [0, 0.05) is 24.5 Å². The van der Waals surface area contributed by atoms with Crippen LogP contribution in [-0.4, -0.2) is 32.0 Å². The van der Waals surface area contributed by atoms with E-state index in [2.05, 4.69) is 5.32 Å². The lowest BCUT2D eigenvalue weighted by molar-refractivity contribution is -0.126. The maximum Gasteiger partial charge on any atom is 0.227 e. The lowest BCUT2D eigenvalue weighted by Crippen LogP contribution is -2.34. The van der Waals surface area contributed by atoms with E-state index in [9.17, 15) is 14.0 Å². The molecule has 5 nitrogen and oxygen atoms in total. The van der Waals surface area contributed by atoms with Crippen LogP contribution in [-0.2, 0) is 16.0 Å². The Labute approximate surface area is 162 Å². The minimum absolute atomic E-state index is 0.137. The quantitative estimate of drug-likeness (QED) is 0.824. The average molecular weight is 391 g/mol. The molecule has 2 amide bonds. The normalized spacial score (nSPS) is 16.5. The van der Waals surface area contributed by atoms with E-state index in [-0.39, 0.29) is 30.6 Å². The van der Waals surface area contributed by atoms with Crippen LogP contribution >= 0.6 is 11.6 Å². The molecule has 0 aromatic heterocycles. The van der Waals surface area contributed by atoms with Crippen molar-refractivity contribution >= 4 is 29.1 Å². The highest BCUT2D eigenvalue weighted by atomic mass is 35.5. The number of carbonyl (C=O) groups excluding carboxylic acids is 2. The Bertz CT molecular complexity index is 842. The molecule has 1 aliphatic rings. The van der Waals surface area contributed by atoms with Gasteiger partial charge in [0.2, 0.25) is 11.8 Å². The van der Waals surface area contributed by atoms with Crippen molar-refractivity contribution in [2.45, 2.75) is 12.8 Å². The zero-order chi connectivity index (χ0) is 19.4. The molecule has 0 aliphatic carbocycles. The number of hydrogen-bond acceptors (Lipinski definition) is 3. The van der Waals surface area contributed by atoms with Crippen LogP contribution in [0.15, 0.2) is 42.5 Å². The lowest BCUT2D eigenvalue weighted by Gasteiger charge is -2.19. The highest BCUT2D eigenvalue weighted by Gasteiger charge is 2.36. The van der Waals surface area contributed by atoms with Gasteiger partial charge in [-0.15, -0.1) is 0 Å². The maximum absolute atomic E-state index is 12.9. The summed E-state index contributed by atoms with van der Waals surface area (Å²) < 4.78 is 18.2. The number of nitrogens with one attached hydrogen (secondary N) is 1. The van der Waals surface area contributed by atoms with Crippen LogP contribution in [0, 0.1) is 11.7 Å². The van der Waals surface area contributed by atoms with Gasteiger partial charge < -0.3 is 15.0 Å². The zero-order valence-electron chi connectivity index (χ0n) is 14.9. The molecule has 2 aromatic rings. The van der Waals surface area contributed by atoms with Crippen molar-refractivity contribution in [2.24, 2.45) is 5.92 Å². The monoisotopic (exact) mass is 390 g/mol.